The molecule has 1 N–H and O–H groups in total. The van der Waals surface area contributed by atoms with E-state index in [2.05, 4.69) is 6.92 Å². The molecule has 1 heterocycles. The van der Waals surface area contributed by atoms with E-state index in [4.69, 9.17) is 9.47 Å². The topological polar surface area (TPSA) is 93.2 Å². The van der Waals surface area contributed by atoms with Crippen LogP contribution in [0.5, 0.6) is 0 Å². The van der Waals surface area contributed by atoms with Crippen molar-refractivity contribution in [1.82, 2.24) is 0 Å². The van der Waals surface area contributed by atoms with Crippen LogP contribution in [0, 0.1) is 22.7 Å². The van der Waals surface area contributed by atoms with Crippen molar-refractivity contribution >= 4 is 17.5 Å². The molecule has 3 saturated carbocycles. The molecule has 7 atom stereocenters. The molecule has 0 aromatic rings. The SMILES string of the molecule is CC(=O)OCC(=O)C1(O)CCC2C3CCC4=CC(=O)CCC4(C)C34OC4CC21C. The van der Waals surface area contributed by atoms with E-state index in [0.717, 1.165) is 25.7 Å². The lowest BCUT2D eigenvalue weighted by atomic mass is 9.46. The molecule has 5 rings (SSSR count). The highest BCUT2D eigenvalue weighted by Crippen LogP contribution is 2.76. The molecule has 4 fully saturated rings. The van der Waals surface area contributed by atoms with Crippen LogP contribution in [-0.4, -0.2) is 46.6 Å². The Labute approximate surface area is 171 Å². The van der Waals surface area contributed by atoms with Gasteiger partial charge in [-0.25, -0.2) is 0 Å². The molecule has 6 heteroatoms. The van der Waals surface area contributed by atoms with Gasteiger partial charge < -0.3 is 14.6 Å². The first-order chi connectivity index (χ1) is 13.6. The van der Waals surface area contributed by atoms with Crippen molar-refractivity contribution < 1.29 is 29.0 Å². The second-order valence-corrected chi connectivity index (χ2v) is 10.3. The Morgan fingerprint density at radius 2 is 1.97 bits per heavy atom. The summed E-state index contributed by atoms with van der Waals surface area (Å²) in [7, 11) is 0. The van der Waals surface area contributed by atoms with Crippen LogP contribution in [0.2, 0.25) is 0 Å². The van der Waals surface area contributed by atoms with E-state index < -0.39 is 22.8 Å². The number of esters is 1. The van der Waals surface area contributed by atoms with Gasteiger partial charge in [0.25, 0.3) is 0 Å². The summed E-state index contributed by atoms with van der Waals surface area (Å²) >= 11 is 0. The van der Waals surface area contributed by atoms with Gasteiger partial charge in [0.05, 0.1) is 6.10 Å². The number of ketones is 2. The van der Waals surface area contributed by atoms with Crippen molar-refractivity contribution in [3.05, 3.63) is 11.6 Å². The van der Waals surface area contributed by atoms with E-state index in [1.807, 2.05) is 13.0 Å². The van der Waals surface area contributed by atoms with Crippen LogP contribution in [-0.2, 0) is 23.9 Å². The van der Waals surface area contributed by atoms with E-state index in [9.17, 15) is 19.5 Å². The quantitative estimate of drug-likeness (QED) is 0.576. The van der Waals surface area contributed by atoms with Crippen LogP contribution in [0.4, 0.5) is 0 Å². The molecular weight excluding hydrogens is 372 g/mol. The van der Waals surface area contributed by atoms with Gasteiger partial charge in [-0.05, 0) is 56.4 Å². The fourth-order valence-corrected chi connectivity index (χ4v) is 7.77. The van der Waals surface area contributed by atoms with Crippen LogP contribution in [0.3, 0.4) is 0 Å². The number of ether oxygens (including phenoxy) is 2. The van der Waals surface area contributed by atoms with Crippen LogP contribution in [0.15, 0.2) is 11.6 Å². The first kappa shape index (κ1) is 19.4. The van der Waals surface area contributed by atoms with Crippen LogP contribution < -0.4 is 0 Å². The van der Waals surface area contributed by atoms with Gasteiger partial charge in [0.2, 0.25) is 5.78 Å². The van der Waals surface area contributed by atoms with E-state index >= 15 is 0 Å². The second-order valence-electron chi connectivity index (χ2n) is 10.3. The van der Waals surface area contributed by atoms with E-state index in [1.165, 1.54) is 12.5 Å². The Balaban J connectivity index is 1.48. The Morgan fingerprint density at radius 1 is 1.21 bits per heavy atom. The zero-order valence-electron chi connectivity index (χ0n) is 17.5. The maximum atomic E-state index is 12.9. The molecule has 0 amide bonds. The van der Waals surface area contributed by atoms with Gasteiger partial charge in [-0.15, -0.1) is 0 Å². The van der Waals surface area contributed by atoms with Crippen molar-refractivity contribution in [1.29, 1.82) is 0 Å². The molecule has 29 heavy (non-hydrogen) atoms. The van der Waals surface area contributed by atoms with Gasteiger partial charge in [-0.2, -0.15) is 0 Å². The van der Waals surface area contributed by atoms with Gasteiger partial charge in [-0.3, -0.25) is 14.4 Å². The van der Waals surface area contributed by atoms with Gasteiger partial charge in [0, 0.05) is 24.2 Å². The summed E-state index contributed by atoms with van der Waals surface area (Å²) in [4.78, 5) is 36.1. The number of aliphatic hydroxyl groups is 1. The van der Waals surface area contributed by atoms with E-state index in [1.54, 1.807) is 0 Å². The number of fused-ring (bicyclic) bond motifs is 3. The zero-order valence-corrected chi connectivity index (χ0v) is 17.5. The van der Waals surface area contributed by atoms with Crippen LogP contribution in [0.1, 0.15) is 65.7 Å². The molecule has 7 unspecified atom stereocenters. The number of hydrogen-bond acceptors (Lipinski definition) is 6. The van der Waals surface area contributed by atoms with Gasteiger partial charge in [0.1, 0.15) is 11.2 Å². The standard InChI is InChI=1S/C23H30O6/c1-13(24)28-12-18(26)22(27)9-7-16-17-5-4-14-10-15(25)6-8-20(14,2)23(17)19(29-23)11-21(16,22)3/h10,16-17,19,27H,4-9,11-12H2,1-3H3. The van der Waals surface area contributed by atoms with Crippen molar-refractivity contribution in [3.63, 3.8) is 0 Å². The predicted octanol–water partition coefficient (Wildman–Crippen LogP) is 2.51. The van der Waals surface area contributed by atoms with Crippen molar-refractivity contribution in [2.45, 2.75) is 83.0 Å². The summed E-state index contributed by atoms with van der Waals surface area (Å²) in [5.41, 5.74) is -1.22. The first-order valence-electron chi connectivity index (χ1n) is 10.9. The molecule has 158 valence electrons. The minimum atomic E-state index is -1.48. The molecule has 4 aliphatic carbocycles. The summed E-state index contributed by atoms with van der Waals surface area (Å²) in [6, 6.07) is 0. The van der Waals surface area contributed by atoms with Crippen molar-refractivity contribution in [2.24, 2.45) is 22.7 Å². The number of Topliss-reactive ketones (excluding diaryl/α,β-unsaturated/α-hetero) is 1. The lowest BCUT2D eigenvalue weighted by Gasteiger charge is -2.56. The predicted molar refractivity (Wildman–Crippen MR) is 103 cm³/mol. The average molecular weight is 402 g/mol. The molecule has 1 aliphatic heterocycles. The minimum absolute atomic E-state index is 0.00167. The van der Waals surface area contributed by atoms with Gasteiger partial charge >= 0.3 is 5.97 Å². The highest BCUT2D eigenvalue weighted by molar-refractivity contribution is 5.92. The fraction of sp³-hybridized carbons (Fsp3) is 0.783. The molecular formula is C23H30O6. The Hall–Kier alpha value is -1.53. The van der Waals surface area contributed by atoms with Crippen LogP contribution in [0.25, 0.3) is 0 Å². The number of carbonyl (C=O) groups is 3. The molecule has 0 aromatic carbocycles. The molecule has 0 aromatic heterocycles. The molecule has 0 bridgehead atoms. The van der Waals surface area contributed by atoms with E-state index in [-0.39, 0.29) is 41.3 Å². The van der Waals surface area contributed by atoms with Gasteiger partial charge in [0.15, 0.2) is 12.4 Å². The maximum absolute atomic E-state index is 12.9. The van der Waals surface area contributed by atoms with Crippen molar-refractivity contribution in [2.75, 3.05) is 6.61 Å². The highest BCUT2D eigenvalue weighted by Gasteiger charge is 2.81. The monoisotopic (exact) mass is 402 g/mol. The molecule has 0 radical (unpaired) electrons. The number of epoxide rings is 1. The smallest absolute Gasteiger partial charge is 0.303 e. The number of carbonyl (C=O) groups excluding carboxylic acids is 3. The molecule has 1 saturated heterocycles. The summed E-state index contributed by atoms with van der Waals surface area (Å²) in [6.07, 6.45) is 6.88. The van der Waals surface area contributed by atoms with Gasteiger partial charge in [-0.1, -0.05) is 19.4 Å². The minimum Gasteiger partial charge on any atom is -0.458 e. The van der Waals surface area contributed by atoms with Crippen LogP contribution >= 0.6 is 0 Å². The highest BCUT2D eigenvalue weighted by atomic mass is 16.6. The summed E-state index contributed by atoms with van der Waals surface area (Å²) in [5.74, 6) is -0.227. The molecule has 6 nitrogen and oxygen atoms in total. The number of rotatable bonds is 3. The Kier molecular flexibility index (Phi) is 3.88. The fourth-order valence-electron chi connectivity index (χ4n) is 7.77. The first-order valence-corrected chi connectivity index (χ1v) is 10.9. The number of hydrogen-bond donors (Lipinski definition) is 1. The summed E-state index contributed by atoms with van der Waals surface area (Å²) in [5, 5.41) is 11.5. The van der Waals surface area contributed by atoms with Crippen molar-refractivity contribution in [3.8, 4) is 0 Å². The third-order valence-corrected chi connectivity index (χ3v) is 9.35. The largest absolute Gasteiger partial charge is 0.458 e. The Morgan fingerprint density at radius 3 is 2.69 bits per heavy atom. The summed E-state index contributed by atoms with van der Waals surface area (Å²) < 4.78 is 11.4. The maximum Gasteiger partial charge on any atom is 0.303 e. The third-order valence-electron chi connectivity index (χ3n) is 9.35. The third kappa shape index (κ3) is 2.22. The lowest BCUT2D eigenvalue weighted by Crippen LogP contribution is -2.62. The molecule has 5 aliphatic rings. The summed E-state index contributed by atoms with van der Waals surface area (Å²) in [6.45, 7) is 5.18. The normalized spacial score (nSPS) is 49.9. The Bertz CT molecular complexity index is 846. The van der Waals surface area contributed by atoms with E-state index in [0.29, 0.717) is 19.3 Å². The average Bonchev–Trinajstić information content (AvgIpc) is 3.32. The molecule has 1 spiro atoms. The lowest BCUT2D eigenvalue weighted by molar-refractivity contribution is -0.166. The second kappa shape index (κ2) is 5.79. The zero-order chi connectivity index (χ0) is 20.8.